The summed E-state index contributed by atoms with van der Waals surface area (Å²) in [5.74, 6) is -0.646. The molecule has 1 heterocycles. The summed E-state index contributed by atoms with van der Waals surface area (Å²) < 4.78 is 23.2. The fourth-order valence-electron chi connectivity index (χ4n) is 3.66. The molecule has 3 aromatic carbocycles. The van der Waals surface area contributed by atoms with Gasteiger partial charge in [-0.25, -0.2) is 4.79 Å². The molecule has 0 fully saturated rings. The van der Waals surface area contributed by atoms with Gasteiger partial charge in [0, 0.05) is 10.9 Å². The van der Waals surface area contributed by atoms with Gasteiger partial charge >= 0.3 is 5.97 Å². The lowest BCUT2D eigenvalue weighted by Crippen LogP contribution is -2.20. The topological polar surface area (TPSA) is 78.1 Å². The average Bonchev–Trinajstić information content (AvgIpc) is 3.26. The van der Waals surface area contributed by atoms with Crippen LogP contribution in [0.3, 0.4) is 0 Å². The number of hydrogen-bond acceptors (Lipinski definition) is 5. The molecule has 0 aliphatic rings. The predicted molar refractivity (Wildman–Crippen MR) is 124 cm³/mol. The van der Waals surface area contributed by atoms with Crippen LogP contribution < -0.4 is 4.74 Å². The summed E-state index contributed by atoms with van der Waals surface area (Å²) in [6, 6.07) is 25.6. The molecule has 0 aliphatic carbocycles. The van der Waals surface area contributed by atoms with E-state index in [4.69, 9.17) is 23.7 Å². The van der Waals surface area contributed by atoms with Crippen LogP contribution >= 0.6 is 0 Å². The van der Waals surface area contributed by atoms with Crippen molar-refractivity contribution < 1.29 is 28.5 Å². The summed E-state index contributed by atoms with van der Waals surface area (Å²) in [7, 11) is 0. The molecule has 33 heavy (non-hydrogen) atoms. The fraction of sp³-hybridized carbons (Fsp3) is 0.222. The molecule has 0 amide bonds. The smallest absolute Gasteiger partial charge is 0.341 e. The summed E-state index contributed by atoms with van der Waals surface area (Å²) >= 11 is 0. The molecule has 1 aromatic heterocycles. The second kappa shape index (κ2) is 10.8. The number of carboxylic acids is 1. The molecular weight excluding hydrogens is 420 g/mol. The van der Waals surface area contributed by atoms with Crippen molar-refractivity contribution in [2.75, 3.05) is 13.2 Å². The monoisotopic (exact) mass is 446 g/mol. The van der Waals surface area contributed by atoms with Gasteiger partial charge in [-0.05, 0) is 24.1 Å². The third kappa shape index (κ3) is 5.80. The molecule has 0 radical (unpaired) electrons. The van der Waals surface area contributed by atoms with Crippen molar-refractivity contribution in [1.82, 2.24) is 0 Å². The van der Waals surface area contributed by atoms with Crippen molar-refractivity contribution in [3.05, 3.63) is 102 Å². The molecule has 0 bridgehead atoms. The van der Waals surface area contributed by atoms with E-state index in [0.29, 0.717) is 24.5 Å². The second-order valence-electron chi connectivity index (χ2n) is 7.74. The van der Waals surface area contributed by atoms with Crippen LogP contribution in [0.2, 0.25) is 0 Å². The van der Waals surface area contributed by atoms with E-state index in [2.05, 4.69) is 24.3 Å². The highest BCUT2D eigenvalue weighted by molar-refractivity contribution is 5.86. The Morgan fingerprint density at radius 1 is 0.939 bits per heavy atom. The van der Waals surface area contributed by atoms with E-state index in [-0.39, 0.29) is 12.2 Å². The maximum absolute atomic E-state index is 10.8. The van der Waals surface area contributed by atoms with Gasteiger partial charge in [0.1, 0.15) is 6.10 Å². The van der Waals surface area contributed by atoms with Crippen molar-refractivity contribution in [2.24, 2.45) is 0 Å². The third-order valence-electron chi connectivity index (χ3n) is 5.18. The molecule has 0 aliphatic heterocycles. The van der Waals surface area contributed by atoms with Gasteiger partial charge in [0.2, 0.25) is 0 Å². The number of benzene rings is 3. The van der Waals surface area contributed by atoms with Gasteiger partial charge in [-0.3, -0.25) is 0 Å². The predicted octanol–water partition coefficient (Wildman–Crippen LogP) is 5.61. The molecule has 1 atom stereocenters. The standard InChI is InChI=1S/C27H26O6/c1-19(33-26(20-9-4-2-5-10-20)21-11-6-3-7-12-21)15-30-16-22-17-32-27-23(22)13-8-14-24(27)31-18-25(28)29/h2-14,17,19,26H,15-16,18H2,1H3,(H,28,29). The van der Waals surface area contributed by atoms with Gasteiger partial charge in [0.25, 0.3) is 0 Å². The van der Waals surface area contributed by atoms with Gasteiger partial charge in [-0.15, -0.1) is 0 Å². The van der Waals surface area contributed by atoms with Crippen LogP contribution in [-0.4, -0.2) is 30.4 Å². The van der Waals surface area contributed by atoms with Crippen molar-refractivity contribution in [3.8, 4) is 5.75 Å². The highest BCUT2D eigenvalue weighted by atomic mass is 16.5. The minimum atomic E-state index is -1.04. The molecule has 0 spiro atoms. The van der Waals surface area contributed by atoms with Crippen LogP contribution in [0.4, 0.5) is 0 Å². The van der Waals surface area contributed by atoms with Crippen LogP contribution in [0.1, 0.15) is 29.7 Å². The molecule has 0 saturated carbocycles. The van der Waals surface area contributed by atoms with Crippen molar-refractivity contribution in [3.63, 3.8) is 0 Å². The highest BCUT2D eigenvalue weighted by Gasteiger charge is 2.18. The Morgan fingerprint density at radius 3 is 2.24 bits per heavy atom. The maximum atomic E-state index is 10.8. The number of para-hydroxylation sites is 1. The number of hydrogen-bond donors (Lipinski definition) is 1. The Balaban J connectivity index is 1.38. The van der Waals surface area contributed by atoms with Crippen molar-refractivity contribution in [2.45, 2.75) is 25.7 Å². The number of fused-ring (bicyclic) bond motifs is 1. The Hall–Kier alpha value is -3.61. The number of carbonyl (C=O) groups is 1. The van der Waals surface area contributed by atoms with Gasteiger partial charge in [0.05, 0.1) is 25.6 Å². The normalized spacial score (nSPS) is 12.2. The zero-order valence-electron chi connectivity index (χ0n) is 18.3. The Labute approximate surface area is 192 Å². The molecule has 1 N–H and O–H groups in total. The number of furan rings is 1. The summed E-state index contributed by atoms with van der Waals surface area (Å²) in [5.41, 5.74) is 3.55. The average molecular weight is 446 g/mol. The molecule has 170 valence electrons. The maximum Gasteiger partial charge on any atom is 0.341 e. The zero-order chi connectivity index (χ0) is 23.0. The molecular formula is C27H26O6. The minimum Gasteiger partial charge on any atom is -0.479 e. The van der Waals surface area contributed by atoms with E-state index in [1.54, 1.807) is 18.4 Å². The lowest BCUT2D eigenvalue weighted by molar-refractivity contribution is -0.139. The van der Waals surface area contributed by atoms with Gasteiger partial charge in [0.15, 0.2) is 17.9 Å². The van der Waals surface area contributed by atoms with Crippen molar-refractivity contribution in [1.29, 1.82) is 0 Å². The van der Waals surface area contributed by atoms with Crippen LogP contribution in [0, 0.1) is 0 Å². The third-order valence-corrected chi connectivity index (χ3v) is 5.18. The van der Waals surface area contributed by atoms with E-state index in [0.717, 1.165) is 22.1 Å². The lowest BCUT2D eigenvalue weighted by Gasteiger charge is -2.23. The summed E-state index contributed by atoms with van der Waals surface area (Å²) in [4.78, 5) is 10.8. The fourth-order valence-corrected chi connectivity index (χ4v) is 3.66. The van der Waals surface area contributed by atoms with E-state index >= 15 is 0 Å². The van der Waals surface area contributed by atoms with Crippen LogP contribution in [0.15, 0.2) is 89.5 Å². The SMILES string of the molecule is CC(COCc1coc2c(OCC(=O)O)cccc12)OC(c1ccccc1)c1ccccc1. The lowest BCUT2D eigenvalue weighted by atomic mass is 10.0. The minimum absolute atomic E-state index is 0.150. The van der Waals surface area contributed by atoms with Crippen LogP contribution in [-0.2, 0) is 20.9 Å². The first-order valence-corrected chi connectivity index (χ1v) is 10.8. The summed E-state index contributed by atoms with van der Waals surface area (Å²) in [6.45, 7) is 2.30. The largest absolute Gasteiger partial charge is 0.479 e. The number of ether oxygens (including phenoxy) is 3. The molecule has 4 aromatic rings. The molecule has 1 unspecified atom stereocenters. The number of aliphatic carboxylic acids is 1. The zero-order valence-corrected chi connectivity index (χ0v) is 18.3. The van der Waals surface area contributed by atoms with Crippen molar-refractivity contribution >= 4 is 16.9 Å². The van der Waals surface area contributed by atoms with E-state index < -0.39 is 12.6 Å². The Bertz CT molecular complexity index is 1130. The van der Waals surface area contributed by atoms with E-state index in [1.165, 1.54) is 0 Å². The Morgan fingerprint density at radius 2 is 1.61 bits per heavy atom. The van der Waals surface area contributed by atoms with Gasteiger partial charge in [-0.2, -0.15) is 0 Å². The first kappa shape index (κ1) is 22.6. The van der Waals surface area contributed by atoms with E-state index in [9.17, 15) is 4.79 Å². The first-order valence-electron chi connectivity index (χ1n) is 10.8. The van der Waals surface area contributed by atoms with Crippen LogP contribution in [0.25, 0.3) is 11.0 Å². The van der Waals surface area contributed by atoms with Gasteiger partial charge < -0.3 is 23.7 Å². The molecule has 0 saturated heterocycles. The summed E-state index contributed by atoms with van der Waals surface area (Å²) in [5, 5.41) is 9.67. The Kier molecular flexibility index (Phi) is 7.40. The van der Waals surface area contributed by atoms with E-state index in [1.807, 2.05) is 49.4 Å². The molecule has 6 nitrogen and oxygen atoms in total. The highest BCUT2D eigenvalue weighted by Crippen LogP contribution is 2.31. The molecule has 6 heteroatoms. The first-order chi connectivity index (χ1) is 16.1. The van der Waals surface area contributed by atoms with Crippen LogP contribution in [0.5, 0.6) is 5.75 Å². The molecule has 4 rings (SSSR count). The number of rotatable bonds is 11. The quantitative estimate of drug-likeness (QED) is 0.323. The van der Waals surface area contributed by atoms with Gasteiger partial charge in [-0.1, -0.05) is 72.8 Å². The number of carboxylic acid groups (broad SMARTS) is 1. The second-order valence-corrected chi connectivity index (χ2v) is 7.74. The summed E-state index contributed by atoms with van der Waals surface area (Å²) in [6.07, 6.45) is 1.28.